The predicted molar refractivity (Wildman–Crippen MR) is 110 cm³/mol. The van der Waals surface area contributed by atoms with Crippen molar-refractivity contribution < 1.29 is 4.79 Å². The van der Waals surface area contributed by atoms with E-state index in [9.17, 15) is 4.79 Å². The minimum absolute atomic E-state index is 0.101. The molecule has 0 aliphatic carbocycles. The van der Waals surface area contributed by atoms with Crippen molar-refractivity contribution in [3.63, 3.8) is 0 Å². The molecule has 0 saturated carbocycles. The van der Waals surface area contributed by atoms with Crippen LogP contribution in [0.2, 0.25) is 0 Å². The number of aliphatic imine (C=N–C) groups is 1. The van der Waals surface area contributed by atoms with Gasteiger partial charge in [0, 0.05) is 29.7 Å². The van der Waals surface area contributed by atoms with Gasteiger partial charge in [0.2, 0.25) is 0 Å². The van der Waals surface area contributed by atoms with Crippen molar-refractivity contribution in [2.45, 2.75) is 13.3 Å². The molecular formula is C21H19N3OS. The van der Waals surface area contributed by atoms with Crippen LogP contribution >= 0.6 is 11.8 Å². The van der Waals surface area contributed by atoms with Crippen LogP contribution in [-0.4, -0.2) is 15.6 Å². The highest BCUT2D eigenvalue weighted by atomic mass is 32.2. The van der Waals surface area contributed by atoms with E-state index in [2.05, 4.69) is 40.0 Å². The first kappa shape index (κ1) is 16.7. The lowest BCUT2D eigenvalue weighted by atomic mass is 10.1. The SMILES string of the molecule is CCc1ccccc1N=C1NC(=O)/C(=C/c2cn(C)c3ccccc23)S1. The van der Waals surface area contributed by atoms with Crippen molar-refractivity contribution in [1.29, 1.82) is 0 Å². The smallest absolute Gasteiger partial charge is 0.264 e. The Hall–Kier alpha value is -2.79. The third-order valence-electron chi connectivity index (χ3n) is 4.46. The number of para-hydroxylation sites is 2. The summed E-state index contributed by atoms with van der Waals surface area (Å²) >= 11 is 1.39. The number of benzene rings is 2. The number of hydrogen-bond acceptors (Lipinski definition) is 3. The number of nitrogens with zero attached hydrogens (tertiary/aromatic N) is 2. The second kappa shape index (κ2) is 6.84. The van der Waals surface area contributed by atoms with Crippen LogP contribution < -0.4 is 5.32 Å². The molecule has 2 heterocycles. The van der Waals surface area contributed by atoms with E-state index in [4.69, 9.17) is 0 Å². The second-order valence-corrected chi connectivity index (χ2v) is 7.21. The third kappa shape index (κ3) is 3.06. The fourth-order valence-electron chi connectivity index (χ4n) is 3.14. The summed E-state index contributed by atoms with van der Waals surface area (Å²) in [4.78, 5) is 17.7. The fraction of sp³-hybridized carbons (Fsp3) is 0.143. The van der Waals surface area contributed by atoms with Crippen LogP contribution in [0.25, 0.3) is 17.0 Å². The quantitative estimate of drug-likeness (QED) is 0.691. The van der Waals surface area contributed by atoms with Gasteiger partial charge in [-0.25, -0.2) is 4.99 Å². The summed E-state index contributed by atoms with van der Waals surface area (Å²) < 4.78 is 2.08. The van der Waals surface area contributed by atoms with E-state index in [0.29, 0.717) is 10.1 Å². The number of thioether (sulfide) groups is 1. The van der Waals surface area contributed by atoms with Gasteiger partial charge in [-0.05, 0) is 42.0 Å². The lowest BCUT2D eigenvalue weighted by molar-refractivity contribution is -0.115. The van der Waals surface area contributed by atoms with Crippen molar-refractivity contribution in [3.05, 3.63) is 70.8 Å². The molecule has 1 amide bonds. The molecule has 1 aliphatic heterocycles. The highest BCUT2D eigenvalue weighted by Crippen LogP contribution is 2.31. The fourth-order valence-corrected chi connectivity index (χ4v) is 3.96. The molecule has 1 aromatic heterocycles. The Morgan fingerprint density at radius 3 is 2.77 bits per heavy atom. The average molecular weight is 361 g/mol. The number of aromatic nitrogens is 1. The van der Waals surface area contributed by atoms with E-state index < -0.39 is 0 Å². The molecule has 0 unspecified atom stereocenters. The number of nitrogens with one attached hydrogen (secondary N) is 1. The van der Waals surface area contributed by atoms with E-state index in [-0.39, 0.29) is 5.91 Å². The minimum Gasteiger partial charge on any atom is -0.350 e. The van der Waals surface area contributed by atoms with Crippen LogP contribution in [0.1, 0.15) is 18.1 Å². The molecule has 130 valence electrons. The molecule has 5 heteroatoms. The molecule has 0 spiro atoms. The summed E-state index contributed by atoms with van der Waals surface area (Å²) in [6, 6.07) is 16.2. The molecule has 1 N–H and O–H groups in total. The largest absolute Gasteiger partial charge is 0.350 e. The number of amidine groups is 1. The first-order valence-electron chi connectivity index (χ1n) is 8.57. The highest BCUT2D eigenvalue weighted by Gasteiger charge is 2.24. The summed E-state index contributed by atoms with van der Waals surface area (Å²) in [7, 11) is 2.01. The van der Waals surface area contributed by atoms with Gasteiger partial charge in [-0.1, -0.05) is 43.3 Å². The standard InChI is InChI=1S/C21H19N3OS/c1-3-14-8-4-6-10-17(14)22-21-23-20(25)19(26-21)12-15-13-24(2)18-11-7-5-9-16(15)18/h4-13H,3H2,1-2H3,(H,22,23,25)/b19-12-. The molecule has 2 aromatic carbocycles. The Kier molecular flexibility index (Phi) is 4.39. The van der Waals surface area contributed by atoms with Gasteiger partial charge in [0.1, 0.15) is 0 Å². The Labute approximate surface area is 156 Å². The average Bonchev–Trinajstić information content (AvgIpc) is 3.16. The maximum absolute atomic E-state index is 12.4. The predicted octanol–water partition coefficient (Wildman–Crippen LogP) is 4.63. The topological polar surface area (TPSA) is 46.4 Å². The summed E-state index contributed by atoms with van der Waals surface area (Å²) in [6.45, 7) is 2.10. The Balaban J connectivity index is 1.68. The zero-order chi connectivity index (χ0) is 18.1. The molecule has 0 bridgehead atoms. The summed E-state index contributed by atoms with van der Waals surface area (Å²) in [5.74, 6) is -0.101. The van der Waals surface area contributed by atoms with Gasteiger partial charge in [-0.15, -0.1) is 0 Å². The van der Waals surface area contributed by atoms with Crippen LogP contribution in [0.5, 0.6) is 0 Å². The summed E-state index contributed by atoms with van der Waals surface area (Å²) in [5, 5.41) is 4.64. The van der Waals surface area contributed by atoms with Gasteiger partial charge in [-0.3, -0.25) is 4.79 Å². The van der Waals surface area contributed by atoms with Crippen LogP contribution in [-0.2, 0) is 18.3 Å². The van der Waals surface area contributed by atoms with E-state index in [1.165, 1.54) is 17.3 Å². The number of carbonyl (C=O) groups excluding carboxylic acids is 1. The summed E-state index contributed by atoms with van der Waals surface area (Å²) in [5.41, 5.74) is 4.26. The number of rotatable bonds is 3. The Morgan fingerprint density at radius 1 is 1.15 bits per heavy atom. The molecule has 0 radical (unpaired) electrons. The van der Waals surface area contributed by atoms with E-state index in [1.54, 1.807) is 0 Å². The molecule has 3 aromatic rings. The Morgan fingerprint density at radius 2 is 1.92 bits per heavy atom. The zero-order valence-corrected chi connectivity index (χ0v) is 15.5. The van der Waals surface area contributed by atoms with Crippen molar-refractivity contribution in [2.24, 2.45) is 12.0 Å². The van der Waals surface area contributed by atoms with Gasteiger partial charge in [-0.2, -0.15) is 0 Å². The van der Waals surface area contributed by atoms with Gasteiger partial charge in [0.15, 0.2) is 5.17 Å². The lowest BCUT2D eigenvalue weighted by Crippen LogP contribution is -2.19. The van der Waals surface area contributed by atoms with Crippen LogP contribution in [0.15, 0.2) is 64.6 Å². The maximum atomic E-state index is 12.4. The van der Waals surface area contributed by atoms with Gasteiger partial charge >= 0.3 is 0 Å². The molecule has 0 atom stereocenters. The highest BCUT2D eigenvalue weighted by molar-refractivity contribution is 8.18. The first-order chi connectivity index (χ1) is 12.7. The number of amides is 1. The molecule has 1 aliphatic rings. The number of hydrogen-bond donors (Lipinski definition) is 1. The van der Waals surface area contributed by atoms with Crippen molar-refractivity contribution in [1.82, 2.24) is 9.88 Å². The van der Waals surface area contributed by atoms with Crippen molar-refractivity contribution >= 4 is 45.5 Å². The molecular weight excluding hydrogens is 342 g/mol. The third-order valence-corrected chi connectivity index (χ3v) is 5.37. The van der Waals surface area contributed by atoms with Crippen molar-refractivity contribution in [2.75, 3.05) is 0 Å². The normalized spacial score (nSPS) is 17.4. The van der Waals surface area contributed by atoms with E-state index >= 15 is 0 Å². The van der Waals surface area contributed by atoms with Crippen LogP contribution in [0.3, 0.4) is 0 Å². The minimum atomic E-state index is -0.101. The second-order valence-electron chi connectivity index (χ2n) is 6.18. The van der Waals surface area contributed by atoms with Gasteiger partial charge in [0.25, 0.3) is 5.91 Å². The molecule has 4 nitrogen and oxygen atoms in total. The molecule has 4 rings (SSSR count). The Bertz CT molecular complexity index is 1060. The van der Waals surface area contributed by atoms with Crippen LogP contribution in [0, 0.1) is 0 Å². The summed E-state index contributed by atoms with van der Waals surface area (Å²) in [6.07, 6.45) is 4.90. The zero-order valence-electron chi connectivity index (χ0n) is 14.7. The van der Waals surface area contributed by atoms with E-state index in [0.717, 1.165) is 28.6 Å². The van der Waals surface area contributed by atoms with Crippen LogP contribution in [0.4, 0.5) is 5.69 Å². The van der Waals surface area contributed by atoms with E-state index in [1.807, 2.05) is 49.7 Å². The monoisotopic (exact) mass is 361 g/mol. The molecule has 1 fully saturated rings. The molecule has 1 saturated heterocycles. The number of fused-ring (bicyclic) bond motifs is 1. The first-order valence-corrected chi connectivity index (χ1v) is 9.39. The van der Waals surface area contributed by atoms with Gasteiger partial charge in [0.05, 0.1) is 10.6 Å². The molecule has 26 heavy (non-hydrogen) atoms. The lowest BCUT2D eigenvalue weighted by Gasteiger charge is -2.02. The maximum Gasteiger partial charge on any atom is 0.264 e. The van der Waals surface area contributed by atoms with Crippen molar-refractivity contribution in [3.8, 4) is 0 Å². The number of carbonyl (C=O) groups is 1. The van der Waals surface area contributed by atoms with Gasteiger partial charge < -0.3 is 9.88 Å². The number of aryl methyl sites for hydroxylation is 2.